The first-order valence-corrected chi connectivity index (χ1v) is 8.39. The summed E-state index contributed by atoms with van der Waals surface area (Å²) < 4.78 is 31.0. The number of hydrogen-bond acceptors (Lipinski definition) is 4. The number of hydrogen-bond donors (Lipinski definition) is 1. The van der Waals surface area contributed by atoms with Gasteiger partial charge in [-0.3, -0.25) is 0 Å². The SMILES string of the molecule is CCNC1CCN(S(=O)(=O)CCOC(C)C)CC1. The highest BCUT2D eigenvalue weighted by molar-refractivity contribution is 7.89. The van der Waals surface area contributed by atoms with E-state index in [9.17, 15) is 8.42 Å². The quantitative estimate of drug-likeness (QED) is 0.749. The van der Waals surface area contributed by atoms with Gasteiger partial charge in [-0.05, 0) is 33.2 Å². The van der Waals surface area contributed by atoms with E-state index < -0.39 is 10.0 Å². The monoisotopic (exact) mass is 278 g/mol. The van der Waals surface area contributed by atoms with E-state index >= 15 is 0 Å². The van der Waals surface area contributed by atoms with Crippen LogP contribution < -0.4 is 5.32 Å². The molecule has 108 valence electrons. The van der Waals surface area contributed by atoms with Crippen LogP contribution in [0.3, 0.4) is 0 Å². The second kappa shape index (κ2) is 7.43. The zero-order valence-electron chi connectivity index (χ0n) is 11.7. The van der Waals surface area contributed by atoms with E-state index in [1.807, 2.05) is 13.8 Å². The van der Waals surface area contributed by atoms with E-state index in [1.165, 1.54) is 0 Å². The molecule has 0 saturated carbocycles. The van der Waals surface area contributed by atoms with Crippen molar-refractivity contribution < 1.29 is 13.2 Å². The molecule has 1 saturated heterocycles. The predicted molar refractivity (Wildman–Crippen MR) is 73.1 cm³/mol. The summed E-state index contributed by atoms with van der Waals surface area (Å²) in [6, 6.07) is 0.466. The lowest BCUT2D eigenvalue weighted by Crippen LogP contribution is -2.45. The van der Waals surface area contributed by atoms with E-state index in [2.05, 4.69) is 12.2 Å². The topological polar surface area (TPSA) is 58.6 Å². The Labute approximate surface area is 111 Å². The van der Waals surface area contributed by atoms with Gasteiger partial charge in [0, 0.05) is 19.1 Å². The third kappa shape index (κ3) is 5.22. The minimum absolute atomic E-state index is 0.0830. The third-order valence-corrected chi connectivity index (χ3v) is 4.97. The summed E-state index contributed by atoms with van der Waals surface area (Å²) in [5.74, 6) is 0.0943. The molecule has 6 heteroatoms. The zero-order valence-corrected chi connectivity index (χ0v) is 12.5. The number of piperidine rings is 1. The minimum atomic E-state index is -3.14. The molecule has 0 atom stereocenters. The molecule has 18 heavy (non-hydrogen) atoms. The fourth-order valence-electron chi connectivity index (χ4n) is 2.14. The lowest BCUT2D eigenvalue weighted by molar-refractivity contribution is 0.0905. The summed E-state index contributed by atoms with van der Waals surface area (Å²) in [4.78, 5) is 0. The van der Waals surface area contributed by atoms with Gasteiger partial charge in [0.15, 0.2) is 0 Å². The lowest BCUT2D eigenvalue weighted by atomic mass is 10.1. The van der Waals surface area contributed by atoms with Crippen molar-refractivity contribution in [3.8, 4) is 0 Å². The number of sulfonamides is 1. The average Bonchev–Trinajstić information content (AvgIpc) is 2.29. The van der Waals surface area contributed by atoms with E-state index in [0.29, 0.717) is 19.1 Å². The van der Waals surface area contributed by atoms with Crippen molar-refractivity contribution in [3.05, 3.63) is 0 Å². The highest BCUT2D eigenvalue weighted by Gasteiger charge is 2.27. The van der Waals surface area contributed by atoms with Crippen molar-refractivity contribution >= 4 is 10.0 Å². The molecule has 0 aromatic heterocycles. The highest BCUT2D eigenvalue weighted by atomic mass is 32.2. The molecule has 1 aliphatic heterocycles. The number of rotatable bonds is 7. The van der Waals surface area contributed by atoms with Gasteiger partial charge in [-0.25, -0.2) is 12.7 Å². The van der Waals surface area contributed by atoms with Gasteiger partial charge in [-0.1, -0.05) is 6.92 Å². The Morgan fingerprint density at radius 2 is 1.94 bits per heavy atom. The van der Waals surface area contributed by atoms with E-state index in [0.717, 1.165) is 19.4 Å². The van der Waals surface area contributed by atoms with E-state index in [4.69, 9.17) is 4.74 Å². The van der Waals surface area contributed by atoms with Gasteiger partial charge in [0.2, 0.25) is 10.0 Å². The van der Waals surface area contributed by atoms with Crippen molar-refractivity contribution in [1.82, 2.24) is 9.62 Å². The fraction of sp³-hybridized carbons (Fsp3) is 1.00. The molecule has 0 bridgehead atoms. The Kier molecular flexibility index (Phi) is 6.55. The maximum absolute atomic E-state index is 12.1. The molecule has 1 aliphatic rings. The number of ether oxygens (including phenoxy) is 1. The summed E-state index contributed by atoms with van der Waals surface area (Å²) >= 11 is 0. The van der Waals surface area contributed by atoms with Gasteiger partial charge in [-0.2, -0.15) is 0 Å². The Morgan fingerprint density at radius 3 is 2.44 bits per heavy atom. The molecule has 0 radical (unpaired) electrons. The van der Waals surface area contributed by atoms with Crippen LogP contribution in [-0.2, 0) is 14.8 Å². The van der Waals surface area contributed by atoms with Crippen LogP contribution in [0.25, 0.3) is 0 Å². The molecule has 1 heterocycles. The lowest BCUT2D eigenvalue weighted by Gasteiger charge is -2.31. The summed E-state index contributed by atoms with van der Waals surface area (Å²) in [6.07, 6.45) is 1.88. The van der Waals surface area contributed by atoms with Crippen LogP contribution in [-0.4, -0.2) is 56.9 Å². The maximum Gasteiger partial charge on any atom is 0.216 e. The number of nitrogens with one attached hydrogen (secondary N) is 1. The van der Waals surface area contributed by atoms with Crippen molar-refractivity contribution in [3.63, 3.8) is 0 Å². The van der Waals surface area contributed by atoms with Gasteiger partial charge < -0.3 is 10.1 Å². The third-order valence-electron chi connectivity index (χ3n) is 3.13. The first-order chi connectivity index (χ1) is 8.45. The normalized spacial score (nSPS) is 19.6. The van der Waals surface area contributed by atoms with Crippen LogP contribution in [0.15, 0.2) is 0 Å². The van der Waals surface area contributed by atoms with E-state index in [-0.39, 0.29) is 18.5 Å². The first-order valence-electron chi connectivity index (χ1n) is 6.78. The van der Waals surface area contributed by atoms with Crippen LogP contribution in [0.2, 0.25) is 0 Å². The molecule has 0 aromatic rings. The van der Waals surface area contributed by atoms with Gasteiger partial charge in [0.05, 0.1) is 18.5 Å². The maximum atomic E-state index is 12.1. The summed E-state index contributed by atoms with van der Waals surface area (Å²) in [6.45, 7) is 8.38. The van der Waals surface area contributed by atoms with E-state index in [1.54, 1.807) is 4.31 Å². The highest BCUT2D eigenvalue weighted by Crippen LogP contribution is 2.14. The summed E-state index contributed by atoms with van der Waals surface area (Å²) in [5.41, 5.74) is 0. The average molecular weight is 278 g/mol. The molecule has 0 spiro atoms. The van der Waals surface area contributed by atoms with Gasteiger partial charge in [0.1, 0.15) is 0 Å². The summed E-state index contributed by atoms with van der Waals surface area (Å²) in [5, 5.41) is 3.37. The molecular weight excluding hydrogens is 252 g/mol. The molecular formula is C12H26N2O3S. The molecule has 1 rings (SSSR count). The van der Waals surface area contributed by atoms with Gasteiger partial charge in [-0.15, -0.1) is 0 Å². The van der Waals surface area contributed by atoms with Crippen molar-refractivity contribution in [2.75, 3.05) is 32.0 Å². The Hall–Kier alpha value is -0.170. The van der Waals surface area contributed by atoms with Crippen LogP contribution in [0.5, 0.6) is 0 Å². The Bertz CT molecular complexity index is 322. The molecule has 0 aromatic carbocycles. The second-order valence-electron chi connectivity index (χ2n) is 4.97. The van der Waals surface area contributed by atoms with Crippen LogP contribution >= 0.6 is 0 Å². The smallest absolute Gasteiger partial charge is 0.216 e. The zero-order chi connectivity index (χ0) is 13.6. The van der Waals surface area contributed by atoms with Crippen molar-refractivity contribution in [2.24, 2.45) is 0 Å². The van der Waals surface area contributed by atoms with Crippen molar-refractivity contribution in [2.45, 2.75) is 45.8 Å². The van der Waals surface area contributed by atoms with Gasteiger partial charge >= 0.3 is 0 Å². The molecule has 0 amide bonds. The summed E-state index contributed by atoms with van der Waals surface area (Å²) in [7, 11) is -3.14. The molecule has 0 aliphatic carbocycles. The van der Waals surface area contributed by atoms with Crippen LogP contribution in [0, 0.1) is 0 Å². The molecule has 1 N–H and O–H groups in total. The molecule has 5 nitrogen and oxygen atoms in total. The van der Waals surface area contributed by atoms with Crippen LogP contribution in [0.4, 0.5) is 0 Å². The largest absolute Gasteiger partial charge is 0.378 e. The standard InChI is InChI=1S/C12H26N2O3S/c1-4-13-12-5-7-14(8-6-12)18(15,16)10-9-17-11(2)3/h11-13H,4-10H2,1-3H3. The number of nitrogens with zero attached hydrogens (tertiary/aromatic N) is 1. The fourth-order valence-corrected chi connectivity index (χ4v) is 3.48. The first kappa shape index (κ1) is 15.9. The molecule has 1 fully saturated rings. The minimum Gasteiger partial charge on any atom is -0.378 e. The second-order valence-corrected chi connectivity index (χ2v) is 7.06. The van der Waals surface area contributed by atoms with Crippen molar-refractivity contribution in [1.29, 1.82) is 0 Å². The van der Waals surface area contributed by atoms with Crippen LogP contribution in [0.1, 0.15) is 33.6 Å². The Morgan fingerprint density at radius 1 is 1.33 bits per heavy atom. The molecule has 0 unspecified atom stereocenters. The van der Waals surface area contributed by atoms with Gasteiger partial charge in [0.25, 0.3) is 0 Å². The Balaban J connectivity index is 2.36. The predicted octanol–water partition coefficient (Wildman–Crippen LogP) is 0.815.